The molecule has 2 N–H and O–H groups in total. The highest BCUT2D eigenvalue weighted by Crippen LogP contribution is 2.32. The SMILES string of the molecule is CN1C(N)=NCC12CCCCCCCCCCC2. The molecule has 1 fully saturated rings. The fourth-order valence-corrected chi connectivity index (χ4v) is 3.45. The van der Waals surface area contributed by atoms with Crippen molar-refractivity contribution in [1.29, 1.82) is 0 Å². The van der Waals surface area contributed by atoms with Crippen molar-refractivity contribution in [3.63, 3.8) is 0 Å². The van der Waals surface area contributed by atoms with Gasteiger partial charge in [0.25, 0.3) is 0 Å². The summed E-state index contributed by atoms with van der Waals surface area (Å²) in [6.07, 6.45) is 15.1. The van der Waals surface area contributed by atoms with Crippen LogP contribution in [-0.2, 0) is 0 Å². The van der Waals surface area contributed by atoms with E-state index in [1.807, 2.05) is 0 Å². The second-order valence-corrected chi connectivity index (χ2v) is 6.14. The van der Waals surface area contributed by atoms with E-state index in [-0.39, 0.29) is 5.54 Å². The molecule has 2 rings (SSSR count). The molecule has 0 aromatic heterocycles. The maximum Gasteiger partial charge on any atom is 0.191 e. The Balaban J connectivity index is 1.93. The quantitative estimate of drug-likeness (QED) is 0.718. The van der Waals surface area contributed by atoms with E-state index in [2.05, 4.69) is 16.9 Å². The molecular weight excluding hydrogens is 222 g/mol. The van der Waals surface area contributed by atoms with Crippen LogP contribution < -0.4 is 5.73 Å². The van der Waals surface area contributed by atoms with Gasteiger partial charge in [-0.3, -0.25) is 4.99 Å². The summed E-state index contributed by atoms with van der Waals surface area (Å²) in [6.45, 7) is 0.926. The number of rotatable bonds is 0. The van der Waals surface area contributed by atoms with Gasteiger partial charge in [-0.05, 0) is 12.8 Å². The third-order valence-electron chi connectivity index (χ3n) is 4.87. The number of likely N-dealkylation sites (N-methyl/N-ethyl adjacent to an activating group) is 1. The van der Waals surface area contributed by atoms with Gasteiger partial charge >= 0.3 is 0 Å². The Morgan fingerprint density at radius 1 is 0.889 bits per heavy atom. The summed E-state index contributed by atoms with van der Waals surface area (Å²) in [5.74, 6) is 0.752. The largest absolute Gasteiger partial charge is 0.370 e. The van der Waals surface area contributed by atoms with Crippen molar-refractivity contribution in [2.45, 2.75) is 76.2 Å². The molecule has 0 unspecified atom stereocenters. The van der Waals surface area contributed by atoms with Crippen molar-refractivity contribution in [1.82, 2.24) is 4.90 Å². The van der Waals surface area contributed by atoms with Gasteiger partial charge in [-0.15, -0.1) is 0 Å². The minimum Gasteiger partial charge on any atom is -0.370 e. The minimum atomic E-state index is 0.253. The van der Waals surface area contributed by atoms with Crippen LogP contribution in [0.5, 0.6) is 0 Å². The second kappa shape index (κ2) is 6.44. The average Bonchev–Trinajstić information content (AvgIpc) is 2.63. The Kier molecular flexibility index (Phi) is 4.90. The summed E-state index contributed by atoms with van der Waals surface area (Å²) >= 11 is 0. The lowest BCUT2D eigenvalue weighted by Gasteiger charge is -2.37. The van der Waals surface area contributed by atoms with Crippen molar-refractivity contribution in [3.8, 4) is 0 Å². The molecular formula is C15H29N3. The molecule has 3 nitrogen and oxygen atoms in total. The average molecular weight is 251 g/mol. The molecule has 1 aliphatic carbocycles. The number of nitrogens with two attached hydrogens (primary N) is 1. The molecule has 0 aromatic carbocycles. The van der Waals surface area contributed by atoms with Gasteiger partial charge < -0.3 is 10.6 Å². The number of hydrogen-bond acceptors (Lipinski definition) is 3. The van der Waals surface area contributed by atoms with Crippen LogP contribution >= 0.6 is 0 Å². The summed E-state index contributed by atoms with van der Waals surface area (Å²) in [6, 6.07) is 0. The Bertz CT molecular complexity index is 273. The number of guanidine groups is 1. The Labute approximate surface area is 112 Å². The molecule has 18 heavy (non-hydrogen) atoms. The number of hydrogen-bond donors (Lipinski definition) is 1. The molecule has 1 aliphatic heterocycles. The minimum absolute atomic E-state index is 0.253. The summed E-state index contributed by atoms with van der Waals surface area (Å²) in [7, 11) is 2.14. The first-order valence-corrected chi connectivity index (χ1v) is 7.78. The highest BCUT2D eigenvalue weighted by molar-refractivity contribution is 5.80. The maximum absolute atomic E-state index is 5.98. The highest BCUT2D eigenvalue weighted by atomic mass is 15.3. The van der Waals surface area contributed by atoms with Crippen molar-refractivity contribution in [3.05, 3.63) is 0 Å². The van der Waals surface area contributed by atoms with E-state index >= 15 is 0 Å². The molecule has 0 radical (unpaired) electrons. The molecule has 1 saturated carbocycles. The van der Waals surface area contributed by atoms with Gasteiger partial charge in [0.05, 0.1) is 12.1 Å². The molecule has 0 bridgehead atoms. The molecule has 1 heterocycles. The molecule has 3 heteroatoms. The van der Waals surface area contributed by atoms with Gasteiger partial charge in [-0.25, -0.2) is 0 Å². The van der Waals surface area contributed by atoms with E-state index in [1.54, 1.807) is 0 Å². The molecule has 1 spiro atoms. The van der Waals surface area contributed by atoms with Crippen molar-refractivity contribution >= 4 is 5.96 Å². The zero-order valence-electron chi connectivity index (χ0n) is 12.0. The Hall–Kier alpha value is -0.730. The zero-order chi connectivity index (χ0) is 12.8. The van der Waals surface area contributed by atoms with Gasteiger partial charge in [0.2, 0.25) is 0 Å². The summed E-state index contributed by atoms with van der Waals surface area (Å²) in [5.41, 5.74) is 6.23. The third kappa shape index (κ3) is 3.18. The first-order valence-electron chi connectivity index (χ1n) is 7.78. The van der Waals surface area contributed by atoms with E-state index in [9.17, 15) is 0 Å². The fourth-order valence-electron chi connectivity index (χ4n) is 3.45. The van der Waals surface area contributed by atoms with Gasteiger partial charge in [0, 0.05) is 7.05 Å². The monoisotopic (exact) mass is 251 g/mol. The Morgan fingerprint density at radius 3 is 1.72 bits per heavy atom. The van der Waals surface area contributed by atoms with E-state index in [0.29, 0.717) is 0 Å². The third-order valence-corrected chi connectivity index (χ3v) is 4.87. The van der Waals surface area contributed by atoms with Crippen LogP contribution in [-0.4, -0.2) is 30.0 Å². The van der Waals surface area contributed by atoms with E-state index in [4.69, 9.17) is 5.73 Å². The van der Waals surface area contributed by atoms with Crippen LogP contribution in [0.4, 0.5) is 0 Å². The molecule has 104 valence electrons. The number of nitrogens with zero attached hydrogens (tertiary/aromatic N) is 2. The standard InChI is InChI=1S/C15H29N3/c1-18-14(16)17-13-15(18)11-9-7-5-3-2-4-6-8-10-12-15/h2-13H2,1H3,(H2,16,17). The Morgan fingerprint density at radius 2 is 1.33 bits per heavy atom. The van der Waals surface area contributed by atoms with Crippen LogP contribution in [0.25, 0.3) is 0 Å². The van der Waals surface area contributed by atoms with Crippen molar-refractivity contribution in [2.75, 3.05) is 13.6 Å². The first-order chi connectivity index (χ1) is 8.75. The van der Waals surface area contributed by atoms with Crippen LogP contribution in [0.1, 0.15) is 70.6 Å². The lowest BCUT2D eigenvalue weighted by Crippen LogP contribution is -2.49. The van der Waals surface area contributed by atoms with Crippen LogP contribution in [0, 0.1) is 0 Å². The van der Waals surface area contributed by atoms with Gasteiger partial charge in [-0.2, -0.15) is 0 Å². The normalized spacial score (nSPS) is 26.5. The topological polar surface area (TPSA) is 41.6 Å². The molecule has 0 amide bonds. The second-order valence-electron chi connectivity index (χ2n) is 6.14. The van der Waals surface area contributed by atoms with E-state index in [1.165, 1.54) is 70.6 Å². The summed E-state index contributed by atoms with van der Waals surface area (Å²) in [4.78, 5) is 6.75. The van der Waals surface area contributed by atoms with Crippen molar-refractivity contribution in [2.24, 2.45) is 10.7 Å². The highest BCUT2D eigenvalue weighted by Gasteiger charge is 2.38. The van der Waals surface area contributed by atoms with Gasteiger partial charge in [-0.1, -0.05) is 57.8 Å². The van der Waals surface area contributed by atoms with Crippen LogP contribution in [0.15, 0.2) is 4.99 Å². The smallest absolute Gasteiger partial charge is 0.191 e. The van der Waals surface area contributed by atoms with Gasteiger partial charge in [0.1, 0.15) is 0 Å². The van der Waals surface area contributed by atoms with E-state index in [0.717, 1.165) is 12.5 Å². The fraction of sp³-hybridized carbons (Fsp3) is 0.933. The summed E-state index contributed by atoms with van der Waals surface area (Å²) in [5, 5.41) is 0. The first kappa shape index (κ1) is 13.7. The molecule has 0 aromatic rings. The molecule has 2 aliphatic rings. The molecule has 0 atom stereocenters. The predicted molar refractivity (Wildman–Crippen MR) is 77.8 cm³/mol. The van der Waals surface area contributed by atoms with Crippen LogP contribution in [0.2, 0.25) is 0 Å². The predicted octanol–water partition coefficient (Wildman–Crippen LogP) is 3.29. The van der Waals surface area contributed by atoms with E-state index < -0.39 is 0 Å². The lowest BCUT2D eigenvalue weighted by atomic mass is 9.85. The maximum atomic E-state index is 5.98. The molecule has 0 saturated heterocycles. The number of aliphatic imine (C=N–C) groups is 1. The van der Waals surface area contributed by atoms with Crippen molar-refractivity contribution < 1.29 is 0 Å². The summed E-state index contributed by atoms with van der Waals surface area (Å²) < 4.78 is 0. The zero-order valence-corrected chi connectivity index (χ0v) is 12.0. The lowest BCUT2D eigenvalue weighted by molar-refractivity contribution is 0.189. The van der Waals surface area contributed by atoms with Crippen LogP contribution in [0.3, 0.4) is 0 Å². The van der Waals surface area contributed by atoms with Gasteiger partial charge in [0.15, 0.2) is 5.96 Å².